The van der Waals surface area contributed by atoms with Crippen molar-refractivity contribution in [3.63, 3.8) is 0 Å². The fourth-order valence-electron chi connectivity index (χ4n) is 2.76. The summed E-state index contributed by atoms with van der Waals surface area (Å²) in [6.45, 7) is 0. The lowest BCUT2D eigenvalue weighted by Crippen LogP contribution is -2.13. The van der Waals surface area contributed by atoms with Crippen molar-refractivity contribution in [3.05, 3.63) is 77.8 Å². The molecule has 4 aromatic rings. The molecule has 2 heterocycles. The molecule has 2 aromatic carbocycles. The smallest absolute Gasteiger partial charge is 0.263 e. The highest BCUT2D eigenvalue weighted by Gasteiger charge is 2.18. The van der Waals surface area contributed by atoms with Crippen LogP contribution in [0.2, 0.25) is 0 Å². The number of pyridine rings is 1. The Morgan fingerprint density at radius 3 is 2.68 bits per heavy atom. The number of nitrogens with zero attached hydrogens (tertiary/aromatic N) is 3. The van der Waals surface area contributed by atoms with Gasteiger partial charge in [-0.25, -0.2) is 18.4 Å². The van der Waals surface area contributed by atoms with E-state index in [4.69, 9.17) is 10.5 Å². The number of anilines is 2. The summed E-state index contributed by atoms with van der Waals surface area (Å²) in [4.78, 5) is 8.13. The van der Waals surface area contributed by atoms with Gasteiger partial charge in [-0.15, -0.1) is 11.3 Å². The van der Waals surface area contributed by atoms with E-state index in [1.54, 1.807) is 35.7 Å². The number of nitriles is 1. The van der Waals surface area contributed by atoms with Gasteiger partial charge in [0.2, 0.25) is 0 Å². The van der Waals surface area contributed by atoms with Crippen LogP contribution < -0.4 is 15.2 Å². The fourth-order valence-corrected chi connectivity index (χ4v) is 4.57. The Labute approximate surface area is 182 Å². The van der Waals surface area contributed by atoms with Crippen LogP contribution in [-0.4, -0.2) is 18.4 Å². The first kappa shape index (κ1) is 20.3. The molecule has 154 valence electrons. The number of nitrogens with one attached hydrogen (secondary N) is 1. The first-order valence-electron chi connectivity index (χ1n) is 8.92. The van der Waals surface area contributed by atoms with Crippen LogP contribution in [0.3, 0.4) is 0 Å². The molecular weight excluding hydrogens is 434 g/mol. The summed E-state index contributed by atoms with van der Waals surface area (Å²) in [7, 11) is -3.88. The lowest BCUT2D eigenvalue weighted by molar-refractivity contribution is 0.480. The summed E-state index contributed by atoms with van der Waals surface area (Å²) in [6, 6.07) is 18.5. The summed E-state index contributed by atoms with van der Waals surface area (Å²) in [5.74, 6) is 1.10. The van der Waals surface area contributed by atoms with E-state index in [0.29, 0.717) is 17.3 Å². The molecule has 0 saturated heterocycles. The second-order valence-corrected chi connectivity index (χ2v) is 8.87. The number of hydrogen-bond acceptors (Lipinski definition) is 8. The van der Waals surface area contributed by atoms with E-state index in [1.165, 1.54) is 24.4 Å². The second kappa shape index (κ2) is 8.43. The highest BCUT2D eigenvalue weighted by atomic mass is 32.2. The molecule has 0 unspecified atom stereocenters. The van der Waals surface area contributed by atoms with Crippen LogP contribution in [0.25, 0.3) is 11.3 Å². The van der Waals surface area contributed by atoms with Crippen LogP contribution in [0.15, 0.2) is 77.1 Å². The van der Waals surface area contributed by atoms with E-state index >= 15 is 0 Å². The van der Waals surface area contributed by atoms with Crippen LogP contribution in [0.1, 0.15) is 5.56 Å². The minimum atomic E-state index is -3.88. The van der Waals surface area contributed by atoms with E-state index in [9.17, 15) is 13.7 Å². The average Bonchev–Trinajstić information content (AvgIpc) is 3.26. The molecule has 8 nitrogen and oxygen atoms in total. The Hall–Kier alpha value is -3.94. The van der Waals surface area contributed by atoms with E-state index in [2.05, 4.69) is 14.7 Å². The van der Waals surface area contributed by atoms with E-state index < -0.39 is 10.0 Å². The van der Waals surface area contributed by atoms with Crippen molar-refractivity contribution in [3.8, 4) is 28.8 Å². The summed E-state index contributed by atoms with van der Waals surface area (Å²) < 4.78 is 33.3. The molecule has 0 amide bonds. The SMILES string of the molecule is N#Cc1cc(S(=O)(=O)Nc2nccs2)ccc1Oc1cccc(-c2cccc(N)n2)c1. The van der Waals surface area contributed by atoms with Gasteiger partial charge < -0.3 is 10.5 Å². The van der Waals surface area contributed by atoms with Crippen molar-refractivity contribution in [2.45, 2.75) is 4.90 Å². The van der Waals surface area contributed by atoms with Crippen molar-refractivity contribution >= 4 is 32.3 Å². The molecular formula is C21H15N5O3S2. The van der Waals surface area contributed by atoms with Crippen molar-refractivity contribution < 1.29 is 13.2 Å². The molecule has 0 aliphatic carbocycles. The molecule has 0 saturated carbocycles. The minimum absolute atomic E-state index is 0.0655. The first-order chi connectivity index (χ1) is 14.9. The number of hydrogen-bond donors (Lipinski definition) is 2. The maximum Gasteiger partial charge on any atom is 0.263 e. The number of thiazole rings is 1. The van der Waals surface area contributed by atoms with Crippen molar-refractivity contribution in [2.24, 2.45) is 0 Å². The monoisotopic (exact) mass is 449 g/mol. The third-order valence-corrected chi connectivity index (χ3v) is 6.32. The molecule has 31 heavy (non-hydrogen) atoms. The predicted molar refractivity (Wildman–Crippen MR) is 118 cm³/mol. The van der Waals surface area contributed by atoms with Gasteiger partial charge in [-0.2, -0.15) is 5.26 Å². The zero-order chi connectivity index (χ0) is 21.8. The molecule has 4 rings (SSSR count). The standard InChI is InChI=1S/C21H15N5O3S2/c22-13-15-12-17(31(27,28)26-21-24-9-10-30-21)7-8-19(15)29-16-4-1-3-14(11-16)18-5-2-6-20(23)25-18/h1-12H,(H2,23,25)(H,24,26). The van der Waals surface area contributed by atoms with Crippen LogP contribution in [-0.2, 0) is 10.0 Å². The molecule has 0 radical (unpaired) electrons. The zero-order valence-electron chi connectivity index (χ0n) is 15.9. The summed E-state index contributed by atoms with van der Waals surface area (Å²) in [5, 5.41) is 11.4. The van der Waals surface area contributed by atoms with Crippen molar-refractivity contribution in [1.82, 2.24) is 9.97 Å². The van der Waals surface area contributed by atoms with Gasteiger partial charge >= 0.3 is 0 Å². The Morgan fingerprint density at radius 2 is 1.94 bits per heavy atom. The summed E-state index contributed by atoms with van der Waals surface area (Å²) in [5.41, 5.74) is 7.30. The molecule has 0 fully saturated rings. The van der Waals surface area contributed by atoms with Crippen LogP contribution >= 0.6 is 11.3 Å². The molecule has 3 N–H and O–H groups in total. The molecule has 10 heteroatoms. The molecule has 0 spiro atoms. The normalized spacial score (nSPS) is 10.9. The van der Waals surface area contributed by atoms with Crippen LogP contribution in [0.4, 0.5) is 10.9 Å². The predicted octanol–water partition coefficient (Wildman–Crippen LogP) is 4.25. The third kappa shape index (κ3) is 4.63. The number of benzene rings is 2. The van der Waals surface area contributed by atoms with Crippen LogP contribution in [0, 0.1) is 11.3 Å². The van der Waals surface area contributed by atoms with Crippen LogP contribution in [0.5, 0.6) is 11.5 Å². The molecule has 0 aliphatic rings. The van der Waals surface area contributed by atoms with E-state index in [0.717, 1.165) is 16.9 Å². The van der Waals surface area contributed by atoms with Crippen molar-refractivity contribution in [2.75, 3.05) is 10.5 Å². The first-order valence-corrected chi connectivity index (χ1v) is 11.3. The number of nitrogen functional groups attached to an aromatic ring is 1. The molecule has 0 aliphatic heterocycles. The minimum Gasteiger partial charge on any atom is -0.456 e. The largest absolute Gasteiger partial charge is 0.456 e. The lowest BCUT2D eigenvalue weighted by atomic mass is 10.1. The fraction of sp³-hybridized carbons (Fsp3) is 0. The number of aromatic nitrogens is 2. The number of rotatable bonds is 6. The van der Waals surface area contributed by atoms with Crippen molar-refractivity contribution in [1.29, 1.82) is 5.26 Å². The van der Waals surface area contributed by atoms with E-state index in [1.807, 2.05) is 18.2 Å². The number of sulfonamides is 1. The molecule has 0 atom stereocenters. The second-order valence-electron chi connectivity index (χ2n) is 6.29. The Balaban J connectivity index is 1.61. The zero-order valence-corrected chi connectivity index (χ0v) is 17.5. The summed E-state index contributed by atoms with van der Waals surface area (Å²) in [6.07, 6.45) is 1.49. The topological polar surface area (TPSA) is 131 Å². The Morgan fingerprint density at radius 1 is 1.10 bits per heavy atom. The van der Waals surface area contributed by atoms with Gasteiger partial charge in [0.25, 0.3) is 10.0 Å². The molecule has 0 bridgehead atoms. The third-order valence-electron chi connectivity index (χ3n) is 4.16. The van der Waals surface area contributed by atoms with E-state index in [-0.39, 0.29) is 21.3 Å². The number of nitrogens with two attached hydrogens (primary N) is 1. The Bertz CT molecular complexity index is 1380. The van der Waals surface area contributed by atoms with Gasteiger partial charge in [-0.3, -0.25) is 4.72 Å². The highest BCUT2D eigenvalue weighted by Crippen LogP contribution is 2.30. The van der Waals surface area contributed by atoms with Gasteiger partial charge in [0.1, 0.15) is 23.4 Å². The van der Waals surface area contributed by atoms with Gasteiger partial charge in [0.05, 0.1) is 16.2 Å². The maximum absolute atomic E-state index is 12.6. The lowest BCUT2D eigenvalue weighted by Gasteiger charge is -2.11. The van der Waals surface area contributed by atoms with Gasteiger partial charge in [0.15, 0.2) is 5.13 Å². The maximum atomic E-state index is 12.6. The quantitative estimate of drug-likeness (QED) is 0.450. The van der Waals surface area contributed by atoms with Gasteiger partial charge in [0, 0.05) is 17.1 Å². The average molecular weight is 450 g/mol. The van der Waals surface area contributed by atoms with Gasteiger partial charge in [-0.1, -0.05) is 18.2 Å². The number of ether oxygens (including phenoxy) is 1. The summed E-state index contributed by atoms with van der Waals surface area (Å²) >= 11 is 1.16. The van der Waals surface area contributed by atoms with Gasteiger partial charge in [-0.05, 0) is 42.5 Å². The Kier molecular flexibility index (Phi) is 5.53. The highest BCUT2D eigenvalue weighted by molar-refractivity contribution is 7.93. The molecule has 2 aromatic heterocycles.